The second kappa shape index (κ2) is 4.74. The van der Waals surface area contributed by atoms with Crippen molar-refractivity contribution in [3.63, 3.8) is 0 Å². The van der Waals surface area contributed by atoms with Gasteiger partial charge in [-0.15, -0.1) is 0 Å². The molecule has 0 spiro atoms. The molecular weight excluding hydrogens is 254 g/mol. The van der Waals surface area contributed by atoms with Crippen LogP contribution < -0.4 is 10.3 Å². The van der Waals surface area contributed by atoms with Crippen LogP contribution in [0.25, 0.3) is 16.5 Å². The Morgan fingerprint density at radius 2 is 1.75 bits per heavy atom. The van der Waals surface area contributed by atoms with E-state index in [9.17, 15) is 9.90 Å². The van der Waals surface area contributed by atoms with Crippen molar-refractivity contribution in [2.24, 2.45) is 0 Å². The van der Waals surface area contributed by atoms with Crippen molar-refractivity contribution in [2.45, 2.75) is 0 Å². The molecule has 0 bridgehead atoms. The second-order valence-corrected chi connectivity index (χ2v) is 4.40. The molecule has 3 rings (SSSR count). The Morgan fingerprint density at radius 1 is 1.05 bits per heavy atom. The lowest BCUT2D eigenvalue weighted by molar-refractivity contribution is 0.405. The van der Waals surface area contributed by atoms with Crippen molar-refractivity contribution in [1.82, 2.24) is 4.57 Å². The maximum atomic E-state index is 12.3. The van der Waals surface area contributed by atoms with Gasteiger partial charge in [-0.05, 0) is 23.6 Å². The van der Waals surface area contributed by atoms with Crippen LogP contribution in [0.15, 0.2) is 59.4 Å². The largest absolute Gasteiger partial charge is 0.495 e. The van der Waals surface area contributed by atoms with E-state index in [1.807, 2.05) is 18.2 Å². The number of methoxy groups -OCH3 is 1. The van der Waals surface area contributed by atoms with E-state index in [1.165, 1.54) is 17.7 Å². The maximum Gasteiger partial charge on any atom is 0.258 e. The Hall–Kier alpha value is -2.75. The normalized spacial score (nSPS) is 10.7. The fraction of sp³-hybridized carbons (Fsp3) is 0.0625. The van der Waals surface area contributed by atoms with Crippen molar-refractivity contribution in [3.8, 4) is 17.3 Å². The molecular formula is C16H13NO3. The van der Waals surface area contributed by atoms with Gasteiger partial charge in [0.05, 0.1) is 12.8 Å². The van der Waals surface area contributed by atoms with Gasteiger partial charge in [0.15, 0.2) is 0 Å². The maximum absolute atomic E-state index is 12.3. The van der Waals surface area contributed by atoms with Crippen molar-refractivity contribution >= 4 is 10.8 Å². The number of nitrogens with zero attached hydrogens (tertiary/aromatic N) is 1. The van der Waals surface area contributed by atoms with Crippen molar-refractivity contribution < 1.29 is 9.84 Å². The molecule has 0 aliphatic heterocycles. The van der Waals surface area contributed by atoms with Gasteiger partial charge in [0, 0.05) is 11.5 Å². The lowest BCUT2D eigenvalue weighted by Gasteiger charge is -2.13. The van der Waals surface area contributed by atoms with Crippen LogP contribution in [0.1, 0.15) is 0 Å². The summed E-state index contributed by atoms with van der Waals surface area (Å²) in [7, 11) is 1.53. The van der Waals surface area contributed by atoms with E-state index < -0.39 is 0 Å². The molecule has 100 valence electrons. The van der Waals surface area contributed by atoms with Gasteiger partial charge in [-0.1, -0.05) is 30.3 Å². The number of benzene rings is 2. The molecule has 4 nitrogen and oxygen atoms in total. The van der Waals surface area contributed by atoms with Crippen LogP contribution in [0, 0.1) is 0 Å². The van der Waals surface area contributed by atoms with E-state index in [2.05, 4.69) is 0 Å². The molecule has 0 fully saturated rings. The molecule has 2 aromatic carbocycles. The first-order valence-corrected chi connectivity index (χ1v) is 6.19. The molecule has 0 aliphatic rings. The number of hydrogen-bond acceptors (Lipinski definition) is 3. The molecule has 3 aromatic rings. The third kappa shape index (κ3) is 1.82. The van der Waals surface area contributed by atoms with E-state index >= 15 is 0 Å². The van der Waals surface area contributed by atoms with Gasteiger partial charge in [0.25, 0.3) is 5.56 Å². The van der Waals surface area contributed by atoms with Crippen LogP contribution in [0.5, 0.6) is 11.6 Å². The zero-order valence-corrected chi connectivity index (χ0v) is 10.9. The third-order valence-corrected chi connectivity index (χ3v) is 3.24. The number of para-hydroxylation sites is 2. The van der Waals surface area contributed by atoms with E-state index in [1.54, 1.807) is 30.3 Å². The smallest absolute Gasteiger partial charge is 0.258 e. The number of pyridine rings is 1. The highest BCUT2D eigenvalue weighted by molar-refractivity contribution is 5.87. The van der Waals surface area contributed by atoms with E-state index in [0.29, 0.717) is 22.2 Å². The van der Waals surface area contributed by atoms with E-state index in [-0.39, 0.29) is 11.4 Å². The summed E-state index contributed by atoms with van der Waals surface area (Å²) in [5.41, 5.74) is 0.217. The molecule has 0 saturated carbocycles. The van der Waals surface area contributed by atoms with Crippen LogP contribution in [-0.2, 0) is 0 Å². The summed E-state index contributed by atoms with van der Waals surface area (Å²) < 4.78 is 6.50. The fourth-order valence-electron chi connectivity index (χ4n) is 2.30. The topological polar surface area (TPSA) is 51.5 Å². The quantitative estimate of drug-likeness (QED) is 0.776. The molecule has 1 aromatic heterocycles. The molecule has 1 heterocycles. The Balaban J connectivity index is 2.40. The molecule has 0 unspecified atom stereocenters. The lowest BCUT2D eigenvalue weighted by atomic mass is 10.1. The summed E-state index contributed by atoms with van der Waals surface area (Å²) in [4.78, 5) is 12.3. The van der Waals surface area contributed by atoms with Gasteiger partial charge in [-0.2, -0.15) is 0 Å². The predicted molar refractivity (Wildman–Crippen MR) is 77.8 cm³/mol. The number of fused-ring (bicyclic) bond motifs is 1. The highest BCUT2D eigenvalue weighted by Gasteiger charge is 2.13. The molecule has 0 radical (unpaired) electrons. The van der Waals surface area contributed by atoms with Crippen molar-refractivity contribution in [2.75, 3.05) is 7.11 Å². The number of hydrogen-bond donors (Lipinski definition) is 1. The summed E-state index contributed by atoms with van der Waals surface area (Å²) in [6, 6.07) is 15.8. The highest BCUT2D eigenvalue weighted by atomic mass is 16.5. The van der Waals surface area contributed by atoms with Gasteiger partial charge >= 0.3 is 0 Å². The van der Waals surface area contributed by atoms with E-state index in [4.69, 9.17) is 4.74 Å². The second-order valence-electron chi connectivity index (χ2n) is 4.40. The lowest BCUT2D eigenvalue weighted by Crippen LogP contribution is -2.17. The zero-order valence-electron chi connectivity index (χ0n) is 10.9. The molecule has 4 heteroatoms. The van der Waals surface area contributed by atoms with Crippen LogP contribution in [-0.4, -0.2) is 16.8 Å². The van der Waals surface area contributed by atoms with Gasteiger partial charge < -0.3 is 9.84 Å². The standard InChI is InChI=1S/C16H13NO3/c1-20-14-9-5-4-8-13(14)17-15(18)10-11-6-2-3-7-12(11)16(17)19/h2-10,19H,1H3. The predicted octanol–water partition coefficient (Wildman–Crippen LogP) is 2.70. The van der Waals surface area contributed by atoms with Gasteiger partial charge in [-0.3, -0.25) is 4.79 Å². The highest BCUT2D eigenvalue weighted by Crippen LogP contribution is 2.29. The van der Waals surface area contributed by atoms with Crippen LogP contribution >= 0.6 is 0 Å². The average molecular weight is 267 g/mol. The Bertz CT molecular complexity index is 836. The number of rotatable bonds is 2. The molecule has 0 aliphatic carbocycles. The summed E-state index contributed by atoms with van der Waals surface area (Å²) in [6.07, 6.45) is 0. The minimum atomic E-state index is -0.300. The first-order chi connectivity index (χ1) is 9.72. The summed E-state index contributed by atoms with van der Waals surface area (Å²) >= 11 is 0. The molecule has 0 saturated heterocycles. The average Bonchev–Trinajstić information content (AvgIpc) is 2.48. The molecule has 0 atom stereocenters. The van der Waals surface area contributed by atoms with Gasteiger partial charge in [0.1, 0.15) is 5.75 Å². The van der Waals surface area contributed by atoms with Crippen LogP contribution in [0.3, 0.4) is 0 Å². The summed E-state index contributed by atoms with van der Waals surface area (Å²) in [5, 5.41) is 11.7. The van der Waals surface area contributed by atoms with Crippen LogP contribution in [0.4, 0.5) is 0 Å². The SMILES string of the molecule is COc1ccccc1-n1c(O)c2ccccc2cc1=O. The first kappa shape index (κ1) is 12.3. The fourth-order valence-corrected chi connectivity index (χ4v) is 2.30. The van der Waals surface area contributed by atoms with Gasteiger partial charge in [0.2, 0.25) is 5.88 Å². The Labute approximate surface area is 115 Å². The Kier molecular flexibility index (Phi) is 2.91. The third-order valence-electron chi connectivity index (χ3n) is 3.24. The first-order valence-electron chi connectivity index (χ1n) is 6.19. The van der Waals surface area contributed by atoms with Crippen molar-refractivity contribution in [3.05, 3.63) is 65.0 Å². The van der Waals surface area contributed by atoms with E-state index in [0.717, 1.165) is 0 Å². The summed E-state index contributed by atoms with van der Waals surface area (Å²) in [6.45, 7) is 0. The number of ether oxygens (including phenoxy) is 1. The molecule has 20 heavy (non-hydrogen) atoms. The molecule has 1 N–H and O–H groups in total. The molecule has 0 amide bonds. The minimum absolute atomic E-state index is 0.0856. The zero-order chi connectivity index (χ0) is 14.1. The van der Waals surface area contributed by atoms with Crippen LogP contribution in [0.2, 0.25) is 0 Å². The number of aromatic hydroxyl groups is 1. The monoisotopic (exact) mass is 267 g/mol. The Morgan fingerprint density at radius 3 is 2.55 bits per heavy atom. The minimum Gasteiger partial charge on any atom is -0.495 e. The van der Waals surface area contributed by atoms with Crippen molar-refractivity contribution in [1.29, 1.82) is 0 Å². The number of aromatic nitrogens is 1. The van der Waals surface area contributed by atoms with Gasteiger partial charge in [-0.25, -0.2) is 4.57 Å². The summed E-state index contributed by atoms with van der Waals surface area (Å²) in [5.74, 6) is 0.442.